The molecule has 7 nitrogen and oxygen atoms in total. The minimum Gasteiger partial charge on any atom is -0.423 e. The molecule has 1 aromatic carbocycles. The lowest BCUT2D eigenvalue weighted by atomic mass is 9.95. The molecule has 0 unspecified atom stereocenters. The summed E-state index contributed by atoms with van der Waals surface area (Å²) in [7, 11) is 0. The van der Waals surface area contributed by atoms with Gasteiger partial charge in [0.05, 0.1) is 32.3 Å². The molecule has 2 aliphatic heterocycles. The summed E-state index contributed by atoms with van der Waals surface area (Å²) in [6.45, 7) is 3.84. The van der Waals surface area contributed by atoms with Crippen molar-refractivity contribution >= 4 is 5.91 Å². The molecule has 0 radical (unpaired) electrons. The summed E-state index contributed by atoms with van der Waals surface area (Å²) in [4.78, 5) is 14.6. The number of fused-ring (bicyclic) bond motifs is 1. The lowest BCUT2D eigenvalue weighted by molar-refractivity contribution is -0.143. The Labute approximate surface area is 145 Å². The Morgan fingerprint density at radius 2 is 2.12 bits per heavy atom. The number of morpholine rings is 1. The van der Waals surface area contributed by atoms with Gasteiger partial charge >= 0.3 is 0 Å². The standard InChI is InChI=1S/C18H21N3O4/c1-12-19-20-18(25-12)16-11-21(7-9-24-16)17(22)10-15-14-5-3-2-4-13(14)6-8-23-15/h2-5,15-16H,6-11H2,1H3/t15-,16+/m1/s1. The van der Waals surface area contributed by atoms with Crippen LogP contribution >= 0.6 is 0 Å². The highest BCUT2D eigenvalue weighted by atomic mass is 16.5. The summed E-state index contributed by atoms with van der Waals surface area (Å²) in [5.74, 6) is 0.981. The third kappa shape index (κ3) is 3.43. The molecule has 1 aromatic heterocycles. The van der Waals surface area contributed by atoms with Crippen molar-refractivity contribution in [3.05, 3.63) is 47.2 Å². The van der Waals surface area contributed by atoms with E-state index in [1.165, 1.54) is 5.56 Å². The number of rotatable bonds is 3. The van der Waals surface area contributed by atoms with Crippen LogP contribution in [0.25, 0.3) is 0 Å². The molecule has 2 atom stereocenters. The minimum atomic E-state index is -0.363. The molecule has 1 saturated heterocycles. The quantitative estimate of drug-likeness (QED) is 0.848. The Hall–Kier alpha value is -2.25. The van der Waals surface area contributed by atoms with Gasteiger partial charge in [-0.2, -0.15) is 0 Å². The van der Waals surface area contributed by atoms with Crippen LogP contribution < -0.4 is 0 Å². The van der Waals surface area contributed by atoms with Gasteiger partial charge in [-0.25, -0.2) is 0 Å². The normalized spacial score (nSPS) is 23.3. The summed E-state index contributed by atoms with van der Waals surface area (Å²) >= 11 is 0. The number of amides is 1. The molecule has 0 bridgehead atoms. The molecule has 1 amide bonds. The van der Waals surface area contributed by atoms with E-state index in [2.05, 4.69) is 22.3 Å². The number of ether oxygens (including phenoxy) is 2. The van der Waals surface area contributed by atoms with Gasteiger partial charge in [-0.1, -0.05) is 24.3 Å². The molecule has 7 heteroatoms. The van der Waals surface area contributed by atoms with Gasteiger partial charge in [0, 0.05) is 13.5 Å². The zero-order valence-corrected chi connectivity index (χ0v) is 14.2. The Morgan fingerprint density at radius 3 is 2.96 bits per heavy atom. The van der Waals surface area contributed by atoms with E-state index in [1.807, 2.05) is 12.1 Å². The van der Waals surface area contributed by atoms with Gasteiger partial charge in [-0.15, -0.1) is 10.2 Å². The molecule has 4 rings (SSSR count). The predicted molar refractivity (Wildman–Crippen MR) is 87.8 cm³/mol. The van der Waals surface area contributed by atoms with E-state index in [4.69, 9.17) is 13.9 Å². The van der Waals surface area contributed by atoms with E-state index in [0.29, 0.717) is 44.5 Å². The van der Waals surface area contributed by atoms with Crippen LogP contribution in [-0.2, 0) is 20.7 Å². The number of carbonyl (C=O) groups excluding carboxylic acids is 1. The van der Waals surface area contributed by atoms with E-state index in [9.17, 15) is 4.79 Å². The van der Waals surface area contributed by atoms with Crippen LogP contribution in [0.4, 0.5) is 0 Å². The Bertz CT molecular complexity index is 760. The number of aryl methyl sites for hydroxylation is 1. The second-order valence-corrected chi connectivity index (χ2v) is 6.37. The highest BCUT2D eigenvalue weighted by Gasteiger charge is 2.31. The van der Waals surface area contributed by atoms with Crippen molar-refractivity contribution in [3.63, 3.8) is 0 Å². The van der Waals surface area contributed by atoms with Crippen LogP contribution in [0.3, 0.4) is 0 Å². The van der Waals surface area contributed by atoms with Crippen molar-refractivity contribution in [1.82, 2.24) is 15.1 Å². The van der Waals surface area contributed by atoms with E-state index in [0.717, 1.165) is 12.0 Å². The van der Waals surface area contributed by atoms with Crippen molar-refractivity contribution in [3.8, 4) is 0 Å². The fourth-order valence-corrected chi connectivity index (χ4v) is 3.40. The lowest BCUT2D eigenvalue weighted by Gasteiger charge is -2.33. The SMILES string of the molecule is Cc1nnc([C@@H]2CN(C(=O)C[C@H]3OCCc4ccccc43)CCO2)o1. The maximum Gasteiger partial charge on any atom is 0.246 e. The largest absolute Gasteiger partial charge is 0.423 e. The van der Waals surface area contributed by atoms with E-state index in [1.54, 1.807) is 11.8 Å². The summed E-state index contributed by atoms with van der Waals surface area (Å²) in [6.07, 6.45) is 0.701. The molecule has 2 aromatic rings. The van der Waals surface area contributed by atoms with Crippen molar-refractivity contribution < 1.29 is 18.7 Å². The number of hydrogen-bond donors (Lipinski definition) is 0. The second-order valence-electron chi connectivity index (χ2n) is 6.37. The fraction of sp³-hybridized carbons (Fsp3) is 0.500. The zero-order chi connectivity index (χ0) is 17.2. The van der Waals surface area contributed by atoms with Crippen LogP contribution in [0.5, 0.6) is 0 Å². The number of nitrogens with zero attached hydrogens (tertiary/aromatic N) is 3. The van der Waals surface area contributed by atoms with Gasteiger partial charge in [-0.05, 0) is 17.5 Å². The lowest BCUT2D eigenvalue weighted by Crippen LogP contribution is -2.43. The molecular formula is C18H21N3O4. The highest BCUT2D eigenvalue weighted by Crippen LogP contribution is 2.31. The smallest absolute Gasteiger partial charge is 0.246 e. The highest BCUT2D eigenvalue weighted by molar-refractivity contribution is 5.77. The Morgan fingerprint density at radius 1 is 1.24 bits per heavy atom. The molecule has 0 saturated carbocycles. The van der Waals surface area contributed by atoms with Crippen LogP contribution in [0.2, 0.25) is 0 Å². The predicted octanol–water partition coefficient (Wildman–Crippen LogP) is 1.98. The number of hydrogen-bond acceptors (Lipinski definition) is 6. The first-order valence-corrected chi connectivity index (χ1v) is 8.59. The van der Waals surface area contributed by atoms with Crippen molar-refractivity contribution in [2.45, 2.75) is 32.0 Å². The maximum absolute atomic E-state index is 12.8. The average Bonchev–Trinajstić information content (AvgIpc) is 3.09. The monoisotopic (exact) mass is 343 g/mol. The molecule has 3 heterocycles. The third-order valence-corrected chi connectivity index (χ3v) is 4.69. The summed E-state index contributed by atoms with van der Waals surface area (Å²) in [5, 5.41) is 7.83. The van der Waals surface area contributed by atoms with E-state index in [-0.39, 0.29) is 18.1 Å². The first-order chi connectivity index (χ1) is 12.2. The van der Waals surface area contributed by atoms with Gasteiger partial charge < -0.3 is 18.8 Å². The molecule has 0 aliphatic carbocycles. The average molecular weight is 343 g/mol. The van der Waals surface area contributed by atoms with Crippen LogP contribution in [0.15, 0.2) is 28.7 Å². The van der Waals surface area contributed by atoms with Gasteiger partial charge in [-0.3, -0.25) is 4.79 Å². The van der Waals surface area contributed by atoms with Crippen molar-refractivity contribution in [2.24, 2.45) is 0 Å². The Kier molecular flexibility index (Phi) is 4.50. The van der Waals surface area contributed by atoms with Gasteiger partial charge in [0.2, 0.25) is 17.7 Å². The van der Waals surface area contributed by atoms with Gasteiger partial charge in [0.25, 0.3) is 0 Å². The molecule has 0 spiro atoms. The summed E-state index contributed by atoms with van der Waals surface area (Å²) < 4.78 is 17.0. The van der Waals surface area contributed by atoms with Gasteiger partial charge in [0.1, 0.15) is 0 Å². The number of aromatic nitrogens is 2. The molecule has 2 aliphatic rings. The van der Waals surface area contributed by atoms with Crippen molar-refractivity contribution in [2.75, 3.05) is 26.3 Å². The first kappa shape index (κ1) is 16.2. The summed E-state index contributed by atoms with van der Waals surface area (Å²) in [6, 6.07) is 8.18. The zero-order valence-electron chi connectivity index (χ0n) is 14.2. The molecule has 0 N–H and O–H groups in total. The third-order valence-electron chi connectivity index (χ3n) is 4.69. The minimum absolute atomic E-state index is 0.0613. The van der Waals surface area contributed by atoms with E-state index < -0.39 is 0 Å². The Balaban J connectivity index is 1.43. The van der Waals surface area contributed by atoms with Crippen LogP contribution in [0.1, 0.15) is 41.5 Å². The first-order valence-electron chi connectivity index (χ1n) is 8.59. The number of benzene rings is 1. The number of carbonyl (C=O) groups is 1. The maximum atomic E-state index is 12.8. The summed E-state index contributed by atoms with van der Waals surface area (Å²) in [5.41, 5.74) is 2.40. The molecule has 25 heavy (non-hydrogen) atoms. The van der Waals surface area contributed by atoms with E-state index >= 15 is 0 Å². The molecular weight excluding hydrogens is 322 g/mol. The topological polar surface area (TPSA) is 77.7 Å². The second kappa shape index (κ2) is 6.93. The van der Waals surface area contributed by atoms with Crippen LogP contribution in [-0.4, -0.2) is 47.3 Å². The van der Waals surface area contributed by atoms with Crippen LogP contribution in [0, 0.1) is 6.92 Å². The fourth-order valence-electron chi connectivity index (χ4n) is 3.40. The van der Waals surface area contributed by atoms with Crippen molar-refractivity contribution in [1.29, 1.82) is 0 Å². The van der Waals surface area contributed by atoms with Gasteiger partial charge in [0.15, 0.2) is 6.10 Å². The molecule has 132 valence electrons. The molecule has 1 fully saturated rings.